The third-order valence-electron chi connectivity index (χ3n) is 0. The van der Waals surface area contributed by atoms with Crippen molar-refractivity contribution in [1.29, 1.82) is 0 Å². The van der Waals surface area contributed by atoms with Gasteiger partial charge < -0.3 is 4.46 Å². The monoisotopic (exact) mass is 78.0 g/mol. The summed E-state index contributed by atoms with van der Waals surface area (Å²) in [4.78, 5) is 0. The molecular formula is H2O3Si. The molecule has 0 fully saturated rings. The smallest absolute Gasteiger partial charge is 0.381 e. The summed E-state index contributed by atoms with van der Waals surface area (Å²) in [6.45, 7) is 0. The molecule has 4 heavy (non-hydrogen) atoms. The summed E-state index contributed by atoms with van der Waals surface area (Å²) >= 11 is 0. The molecule has 0 saturated carbocycles. The Bertz CT molecular complexity index is 3.25. The van der Waals surface area contributed by atoms with Crippen molar-refractivity contribution >= 4 is 10.1 Å². The van der Waals surface area contributed by atoms with Crippen molar-refractivity contribution in [1.82, 2.24) is 0 Å². The van der Waals surface area contributed by atoms with Gasteiger partial charge in [-0.15, -0.1) is 0 Å². The SMILES string of the molecule is O=[Si].OO. The predicted molar refractivity (Wildman–Crippen MR) is 11.7 cm³/mol. The van der Waals surface area contributed by atoms with E-state index in [4.69, 9.17) is 15.0 Å². The third-order valence-corrected chi connectivity index (χ3v) is 0. The molecule has 0 spiro atoms. The summed E-state index contributed by atoms with van der Waals surface area (Å²) in [5.41, 5.74) is 0. The molecule has 0 aliphatic rings. The Morgan fingerprint density at radius 1 is 1.25 bits per heavy atom. The Morgan fingerprint density at radius 3 is 1.25 bits per heavy atom. The molecule has 0 unspecified atom stereocenters. The van der Waals surface area contributed by atoms with Crippen molar-refractivity contribution in [3.63, 3.8) is 0 Å². The van der Waals surface area contributed by atoms with E-state index in [1.54, 1.807) is 10.1 Å². The minimum absolute atomic E-state index is 1.72. The first-order valence-electron chi connectivity index (χ1n) is 0.404. The maximum Gasteiger partial charge on any atom is 0.381 e. The van der Waals surface area contributed by atoms with Crippen LogP contribution in [0.2, 0.25) is 0 Å². The van der Waals surface area contributed by atoms with E-state index in [0.29, 0.717) is 0 Å². The summed E-state index contributed by atoms with van der Waals surface area (Å²) in [6.07, 6.45) is 0. The van der Waals surface area contributed by atoms with Gasteiger partial charge in [0.25, 0.3) is 0 Å². The van der Waals surface area contributed by atoms with Gasteiger partial charge in [-0.2, -0.15) is 0 Å². The summed E-state index contributed by atoms with van der Waals surface area (Å²) in [6, 6.07) is 0. The second-order valence-electron chi connectivity index (χ2n) is 0. The van der Waals surface area contributed by atoms with E-state index in [0.717, 1.165) is 0 Å². The van der Waals surface area contributed by atoms with Crippen molar-refractivity contribution in [2.45, 2.75) is 0 Å². The predicted octanol–water partition coefficient (Wildman–Crippen LogP) is -0.482. The largest absolute Gasteiger partial charge is 0.381 e. The van der Waals surface area contributed by atoms with Crippen LogP contribution in [0.25, 0.3) is 0 Å². The molecule has 0 aromatic rings. The normalized spacial score (nSPS) is 2.50. The van der Waals surface area contributed by atoms with E-state index in [1.807, 2.05) is 0 Å². The van der Waals surface area contributed by atoms with Crippen LogP contribution >= 0.6 is 0 Å². The Labute approximate surface area is 26.3 Å². The van der Waals surface area contributed by atoms with Crippen LogP contribution in [-0.4, -0.2) is 20.6 Å². The standard InChI is InChI=1S/H2O2.OSi/c2*1-2/h1-2H;. The quantitative estimate of drug-likeness (QED) is 0.234. The van der Waals surface area contributed by atoms with Crippen LogP contribution in [0.4, 0.5) is 0 Å². The van der Waals surface area contributed by atoms with Gasteiger partial charge >= 0.3 is 10.1 Å². The van der Waals surface area contributed by atoms with Gasteiger partial charge in [-0.3, -0.25) is 10.5 Å². The first-order chi connectivity index (χ1) is 2.00. The Kier molecular flexibility index (Phi) is 6260. The summed E-state index contributed by atoms with van der Waals surface area (Å²) < 4.78 is 8.06. The van der Waals surface area contributed by atoms with Crippen molar-refractivity contribution < 1.29 is 15.0 Å². The highest BCUT2D eigenvalue weighted by Crippen LogP contribution is 0.711. The van der Waals surface area contributed by atoms with Crippen molar-refractivity contribution in [2.24, 2.45) is 0 Å². The third kappa shape index (κ3) is 427. The molecule has 0 rings (SSSR count). The van der Waals surface area contributed by atoms with E-state index < -0.39 is 0 Å². The van der Waals surface area contributed by atoms with Gasteiger partial charge in [0.2, 0.25) is 0 Å². The molecular weight excluding hydrogens is 76.1 g/mol. The van der Waals surface area contributed by atoms with Crippen molar-refractivity contribution in [3.05, 3.63) is 0 Å². The Morgan fingerprint density at radius 2 is 1.25 bits per heavy atom. The minimum Gasteiger partial charge on any atom is -0.381 e. The van der Waals surface area contributed by atoms with E-state index in [9.17, 15) is 0 Å². The molecule has 3 nitrogen and oxygen atoms in total. The van der Waals surface area contributed by atoms with Gasteiger partial charge in [-0.05, 0) is 0 Å². The van der Waals surface area contributed by atoms with Gasteiger partial charge in [-0.1, -0.05) is 0 Å². The van der Waals surface area contributed by atoms with E-state index >= 15 is 0 Å². The fourth-order valence-electron chi connectivity index (χ4n) is 0. The Hall–Kier alpha value is -0.0631. The highest BCUT2D eigenvalue weighted by atomic mass is 28.1. The van der Waals surface area contributed by atoms with E-state index in [1.165, 1.54) is 0 Å². The maximum atomic E-state index is 8.06. The minimum atomic E-state index is 1.72. The molecule has 0 bridgehead atoms. The molecule has 0 saturated heterocycles. The first-order valence-corrected chi connectivity index (χ1v) is 0.812. The lowest BCUT2D eigenvalue weighted by molar-refractivity contribution is -0.176. The molecule has 0 atom stereocenters. The zero-order valence-electron chi connectivity index (χ0n) is 1.80. The highest BCUT2D eigenvalue weighted by Gasteiger charge is 0.803. The number of hydrogen-bond acceptors (Lipinski definition) is 3. The number of rotatable bonds is 0. The average molecular weight is 78.1 g/mol. The number of hydrogen-bond donors (Lipinski definition) is 2. The van der Waals surface area contributed by atoms with Gasteiger partial charge in [0.1, 0.15) is 0 Å². The molecule has 4 heteroatoms. The van der Waals surface area contributed by atoms with Crippen LogP contribution < -0.4 is 0 Å². The molecule has 0 amide bonds. The van der Waals surface area contributed by atoms with E-state index in [2.05, 4.69) is 0 Å². The second kappa shape index (κ2) is 2770. The molecule has 2 radical (unpaired) electrons. The van der Waals surface area contributed by atoms with Gasteiger partial charge in [0.05, 0.1) is 0 Å². The van der Waals surface area contributed by atoms with Gasteiger partial charge in [0, 0.05) is 0 Å². The molecule has 0 aliphatic carbocycles. The molecule has 24 valence electrons. The molecule has 2 N–H and O–H groups in total. The van der Waals surface area contributed by atoms with E-state index in [-0.39, 0.29) is 0 Å². The van der Waals surface area contributed by atoms with Crippen LogP contribution in [0.1, 0.15) is 0 Å². The van der Waals surface area contributed by atoms with Crippen LogP contribution in [0.3, 0.4) is 0 Å². The maximum absolute atomic E-state index is 8.06. The van der Waals surface area contributed by atoms with Crippen LogP contribution in [0, 0.1) is 0 Å². The zero-order chi connectivity index (χ0) is 4.00. The average Bonchev–Trinajstić information content (AvgIpc) is 1.50. The lowest BCUT2D eigenvalue weighted by atomic mass is 15.0. The summed E-state index contributed by atoms with van der Waals surface area (Å²) in [5, 5.41) is 12.0. The first kappa shape index (κ1) is 9.05. The fourth-order valence-corrected chi connectivity index (χ4v) is 0. The lowest BCUT2D eigenvalue weighted by Gasteiger charge is -1.25. The van der Waals surface area contributed by atoms with Gasteiger partial charge in [0.15, 0.2) is 0 Å². The summed E-state index contributed by atoms with van der Waals surface area (Å²) in [5.74, 6) is 0. The fraction of sp³-hybridized carbons (Fsp3) is 0. The van der Waals surface area contributed by atoms with Crippen molar-refractivity contribution in [2.75, 3.05) is 0 Å². The second-order valence-corrected chi connectivity index (χ2v) is 0. The zero-order valence-corrected chi connectivity index (χ0v) is 2.80. The molecule has 0 aromatic carbocycles. The van der Waals surface area contributed by atoms with Crippen LogP contribution in [0.5, 0.6) is 0 Å². The summed E-state index contributed by atoms with van der Waals surface area (Å²) in [7, 11) is 1.72. The lowest BCUT2D eigenvalue weighted by Crippen LogP contribution is -1.29. The molecule has 0 aliphatic heterocycles. The molecule has 0 heterocycles. The topological polar surface area (TPSA) is 57.5 Å². The van der Waals surface area contributed by atoms with Crippen LogP contribution in [0.15, 0.2) is 0 Å². The van der Waals surface area contributed by atoms with Gasteiger partial charge in [-0.25, -0.2) is 0 Å². The van der Waals surface area contributed by atoms with Crippen LogP contribution in [-0.2, 0) is 4.46 Å². The molecule has 0 aromatic heterocycles. The van der Waals surface area contributed by atoms with Crippen molar-refractivity contribution in [3.8, 4) is 0 Å². The Balaban J connectivity index is 0. The highest BCUT2D eigenvalue weighted by molar-refractivity contribution is 5.85.